The van der Waals surface area contributed by atoms with Gasteiger partial charge in [-0.3, -0.25) is 10.1 Å². The molecule has 2 rings (SSSR count). The van der Waals surface area contributed by atoms with Gasteiger partial charge in [0.1, 0.15) is 5.75 Å². The van der Waals surface area contributed by atoms with E-state index >= 15 is 0 Å². The van der Waals surface area contributed by atoms with E-state index in [1.165, 1.54) is 11.6 Å². The van der Waals surface area contributed by atoms with Crippen LogP contribution >= 0.6 is 0 Å². The van der Waals surface area contributed by atoms with E-state index in [0.717, 1.165) is 0 Å². The van der Waals surface area contributed by atoms with Crippen molar-refractivity contribution in [3.05, 3.63) is 64.2 Å². The summed E-state index contributed by atoms with van der Waals surface area (Å²) in [6.07, 6.45) is 0. The van der Waals surface area contributed by atoms with Crippen LogP contribution in [0.1, 0.15) is 25.3 Å². The van der Waals surface area contributed by atoms with Gasteiger partial charge in [0, 0.05) is 6.07 Å². The molecule has 4 heteroatoms. The SMILES string of the molecule is CC(C)c1ccc(Oc2ccccc2[N+](=O)[O-])cc1. The van der Waals surface area contributed by atoms with E-state index in [0.29, 0.717) is 11.7 Å². The number of hydrogen-bond donors (Lipinski definition) is 0. The molecule has 98 valence electrons. The molecular formula is C15H15NO3. The fourth-order valence-corrected chi connectivity index (χ4v) is 1.74. The summed E-state index contributed by atoms with van der Waals surface area (Å²) < 4.78 is 5.56. The summed E-state index contributed by atoms with van der Waals surface area (Å²) in [6, 6.07) is 13.9. The van der Waals surface area contributed by atoms with Crippen LogP contribution in [0.25, 0.3) is 0 Å². The summed E-state index contributed by atoms with van der Waals surface area (Å²) in [5.41, 5.74) is 1.17. The van der Waals surface area contributed by atoms with Gasteiger partial charge < -0.3 is 4.74 Å². The molecule has 0 saturated heterocycles. The Labute approximate surface area is 111 Å². The largest absolute Gasteiger partial charge is 0.450 e. The second-order valence-corrected chi connectivity index (χ2v) is 4.55. The van der Waals surface area contributed by atoms with Gasteiger partial charge >= 0.3 is 5.69 Å². The molecule has 0 spiro atoms. The van der Waals surface area contributed by atoms with Crippen LogP contribution in [-0.2, 0) is 0 Å². The van der Waals surface area contributed by atoms with Crippen LogP contribution in [0.15, 0.2) is 48.5 Å². The van der Waals surface area contributed by atoms with E-state index in [-0.39, 0.29) is 11.4 Å². The molecule has 0 saturated carbocycles. The zero-order valence-electron chi connectivity index (χ0n) is 10.9. The molecule has 0 aliphatic rings. The number of ether oxygens (including phenoxy) is 1. The van der Waals surface area contributed by atoms with Crippen molar-refractivity contribution in [2.75, 3.05) is 0 Å². The van der Waals surface area contributed by atoms with Crippen molar-refractivity contribution >= 4 is 5.69 Å². The Morgan fingerprint density at radius 3 is 2.26 bits per heavy atom. The Kier molecular flexibility index (Phi) is 3.80. The highest BCUT2D eigenvalue weighted by Crippen LogP contribution is 2.31. The third-order valence-electron chi connectivity index (χ3n) is 2.84. The Bertz CT molecular complexity index is 576. The van der Waals surface area contributed by atoms with Gasteiger partial charge in [0.25, 0.3) is 0 Å². The molecule has 0 aliphatic carbocycles. The van der Waals surface area contributed by atoms with E-state index in [4.69, 9.17) is 4.74 Å². The fraction of sp³-hybridized carbons (Fsp3) is 0.200. The normalized spacial score (nSPS) is 10.5. The standard InChI is InChI=1S/C15H15NO3/c1-11(2)12-7-9-13(10-8-12)19-15-6-4-3-5-14(15)16(17)18/h3-11H,1-2H3. The predicted molar refractivity (Wildman–Crippen MR) is 73.7 cm³/mol. The highest BCUT2D eigenvalue weighted by atomic mass is 16.6. The molecule has 0 atom stereocenters. The molecule has 0 heterocycles. The molecule has 2 aromatic rings. The van der Waals surface area contributed by atoms with E-state index in [1.54, 1.807) is 18.2 Å². The van der Waals surface area contributed by atoms with Gasteiger partial charge in [-0.15, -0.1) is 0 Å². The Morgan fingerprint density at radius 1 is 1.05 bits per heavy atom. The van der Waals surface area contributed by atoms with Crippen molar-refractivity contribution in [3.63, 3.8) is 0 Å². The maximum Gasteiger partial charge on any atom is 0.311 e. The molecule has 0 bridgehead atoms. The van der Waals surface area contributed by atoms with Crippen molar-refractivity contribution in [2.24, 2.45) is 0 Å². The third-order valence-corrected chi connectivity index (χ3v) is 2.84. The lowest BCUT2D eigenvalue weighted by atomic mass is 10.0. The van der Waals surface area contributed by atoms with Crippen LogP contribution in [0, 0.1) is 10.1 Å². The minimum Gasteiger partial charge on any atom is -0.450 e. The monoisotopic (exact) mass is 257 g/mol. The number of para-hydroxylation sites is 2. The number of nitro groups is 1. The van der Waals surface area contributed by atoms with Gasteiger partial charge in [0.2, 0.25) is 5.75 Å². The maximum atomic E-state index is 10.9. The molecule has 0 N–H and O–H groups in total. The van der Waals surface area contributed by atoms with Crippen LogP contribution in [0.2, 0.25) is 0 Å². The molecule has 2 aromatic carbocycles. The van der Waals surface area contributed by atoms with Gasteiger partial charge in [-0.2, -0.15) is 0 Å². The lowest BCUT2D eigenvalue weighted by Crippen LogP contribution is -1.93. The molecule has 0 radical (unpaired) electrons. The van der Waals surface area contributed by atoms with E-state index in [2.05, 4.69) is 13.8 Å². The third kappa shape index (κ3) is 3.10. The summed E-state index contributed by atoms with van der Waals surface area (Å²) in [6.45, 7) is 4.22. The topological polar surface area (TPSA) is 52.4 Å². The lowest BCUT2D eigenvalue weighted by Gasteiger charge is -2.08. The van der Waals surface area contributed by atoms with E-state index < -0.39 is 4.92 Å². The summed E-state index contributed by atoms with van der Waals surface area (Å²) >= 11 is 0. The van der Waals surface area contributed by atoms with Crippen molar-refractivity contribution in [1.82, 2.24) is 0 Å². The van der Waals surface area contributed by atoms with Crippen molar-refractivity contribution < 1.29 is 9.66 Å². The second-order valence-electron chi connectivity index (χ2n) is 4.55. The minimum atomic E-state index is -0.447. The zero-order valence-corrected chi connectivity index (χ0v) is 10.9. The minimum absolute atomic E-state index is 0.0320. The molecule has 19 heavy (non-hydrogen) atoms. The molecular weight excluding hydrogens is 242 g/mol. The average Bonchev–Trinajstić information content (AvgIpc) is 2.39. The number of rotatable bonds is 4. The molecule has 0 fully saturated rings. The number of hydrogen-bond acceptors (Lipinski definition) is 3. The first-order chi connectivity index (χ1) is 9.08. The number of nitro benzene ring substituents is 1. The summed E-state index contributed by atoms with van der Waals surface area (Å²) in [5, 5.41) is 10.9. The van der Waals surface area contributed by atoms with Gasteiger partial charge in [-0.1, -0.05) is 38.1 Å². The Morgan fingerprint density at radius 2 is 1.68 bits per heavy atom. The van der Waals surface area contributed by atoms with Gasteiger partial charge in [-0.05, 0) is 29.7 Å². The maximum absolute atomic E-state index is 10.9. The second kappa shape index (κ2) is 5.52. The van der Waals surface area contributed by atoms with Crippen molar-refractivity contribution in [1.29, 1.82) is 0 Å². The van der Waals surface area contributed by atoms with Crippen molar-refractivity contribution in [2.45, 2.75) is 19.8 Å². The van der Waals surface area contributed by atoms with Gasteiger partial charge in [0.15, 0.2) is 0 Å². The summed E-state index contributed by atoms with van der Waals surface area (Å²) in [7, 11) is 0. The zero-order chi connectivity index (χ0) is 13.8. The Balaban J connectivity index is 2.24. The van der Waals surface area contributed by atoms with Crippen LogP contribution < -0.4 is 4.74 Å². The quantitative estimate of drug-likeness (QED) is 0.598. The van der Waals surface area contributed by atoms with Crippen LogP contribution in [0.5, 0.6) is 11.5 Å². The molecule has 0 unspecified atom stereocenters. The average molecular weight is 257 g/mol. The first-order valence-electron chi connectivity index (χ1n) is 6.09. The lowest BCUT2D eigenvalue weighted by molar-refractivity contribution is -0.385. The van der Waals surface area contributed by atoms with Gasteiger partial charge in [-0.25, -0.2) is 0 Å². The van der Waals surface area contributed by atoms with E-state index in [1.807, 2.05) is 24.3 Å². The molecule has 4 nitrogen and oxygen atoms in total. The first-order valence-corrected chi connectivity index (χ1v) is 6.09. The van der Waals surface area contributed by atoms with Crippen LogP contribution in [0.4, 0.5) is 5.69 Å². The highest BCUT2D eigenvalue weighted by molar-refractivity contribution is 5.48. The summed E-state index contributed by atoms with van der Waals surface area (Å²) in [4.78, 5) is 10.4. The number of benzene rings is 2. The number of nitrogens with zero attached hydrogens (tertiary/aromatic N) is 1. The first kappa shape index (κ1) is 13.1. The predicted octanol–water partition coefficient (Wildman–Crippen LogP) is 4.51. The van der Waals surface area contributed by atoms with E-state index in [9.17, 15) is 10.1 Å². The molecule has 0 amide bonds. The smallest absolute Gasteiger partial charge is 0.311 e. The molecule has 0 aliphatic heterocycles. The van der Waals surface area contributed by atoms with Crippen molar-refractivity contribution in [3.8, 4) is 11.5 Å². The summed E-state index contributed by atoms with van der Waals surface area (Å²) in [5.74, 6) is 1.30. The van der Waals surface area contributed by atoms with Gasteiger partial charge in [0.05, 0.1) is 4.92 Å². The van der Waals surface area contributed by atoms with Crippen LogP contribution in [0.3, 0.4) is 0 Å². The molecule has 0 aromatic heterocycles. The van der Waals surface area contributed by atoms with Crippen LogP contribution in [-0.4, -0.2) is 4.92 Å². The highest BCUT2D eigenvalue weighted by Gasteiger charge is 2.14. The fourth-order valence-electron chi connectivity index (χ4n) is 1.74. The Hall–Kier alpha value is -2.36.